The van der Waals surface area contributed by atoms with Crippen molar-refractivity contribution in [2.24, 2.45) is 11.8 Å². The number of nitrogens with zero attached hydrogens (tertiary/aromatic N) is 3. The quantitative estimate of drug-likeness (QED) is 0.652. The first-order chi connectivity index (χ1) is 11.7. The Hall–Kier alpha value is -3.01. The normalized spacial score (nSPS) is 24.2. The van der Waals surface area contributed by atoms with Gasteiger partial charge in [-0.3, -0.25) is 9.89 Å². The van der Waals surface area contributed by atoms with Crippen molar-refractivity contribution in [3.8, 4) is 23.2 Å². The molecule has 1 saturated carbocycles. The van der Waals surface area contributed by atoms with Gasteiger partial charge in [-0.05, 0) is 18.2 Å². The van der Waals surface area contributed by atoms with Crippen LogP contribution in [0.2, 0.25) is 0 Å². The number of amides is 1. The molecular weight excluding hydrogens is 306 g/mol. The van der Waals surface area contributed by atoms with Crippen molar-refractivity contribution >= 4 is 5.91 Å². The first kappa shape index (κ1) is 14.6. The largest absolute Gasteiger partial charge is 0.497 e. The molecule has 7 heteroatoms. The molecule has 1 aromatic carbocycles. The van der Waals surface area contributed by atoms with Crippen LogP contribution in [0.1, 0.15) is 10.5 Å². The maximum atomic E-state index is 12.6. The van der Waals surface area contributed by atoms with Crippen LogP contribution in [0.3, 0.4) is 0 Å². The summed E-state index contributed by atoms with van der Waals surface area (Å²) in [5.74, 6) is 1.50. The molecule has 2 aromatic rings. The summed E-state index contributed by atoms with van der Waals surface area (Å²) in [5, 5.41) is 18.5. The molecule has 122 valence electrons. The van der Waals surface area contributed by atoms with Gasteiger partial charge in [0, 0.05) is 36.5 Å². The highest BCUT2D eigenvalue weighted by atomic mass is 16.5. The number of likely N-dealkylation sites (tertiary alicyclic amines) is 1. The lowest BCUT2D eigenvalue weighted by atomic mass is 10.1. The molecule has 2 aliphatic rings. The van der Waals surface area contributed by atoms with E-state index in [0.717, 1.165) is 11.3 Å². The maximum absolute atomic E-state index is 12.6. The number of hydrogen-bond donors (Lipinski definition) is 2. The Balaban J connectivity index is 1.46. The number of benzene rings is 1. The minimum Gasteiger partial charge on any atom is -0.497 e. The summed E-state index contributed by atoms with van der Waals surface area (Å²) >= 11 is 0. The highest BCUT2D eigenvalue weighted by Crippen LogP contribution is 2.45. The lowest BCUT2D eigenvalue weighted by Crippen LogP contribution is -2.34. The third-order valence-electron chi connectivity index (χ3n) is 4.89. The maximum Gasteiger partial charge on any atom is 0.271 e. The number of fused-ring (bicyclic) bond motifs is 1. The van der Waals surface area contributed by atoms with Crippen molar-refractivity contribution in [3.63, 3.8) is 0 Å². The van der Waals surface area contributed by atoms with Gasteiger partial charge in [-0.25, -0.2) is 0 Å². The number of aromatic amines is 1. The van der Waals surface area contributed by atoms with Crippen LogP contribution in [0.5, 0.6) is 5.75 Å². The zero-order chi connectivity index (χ0) is 16.7. The smallest absolute Gasteiger partial charge is 0.271 e. The third-order valence-corrected chi connectivity index (χ3v) is 4.89. The van der Waals surface area contributed by atoms with E-state index in [9.17, 15) is 4.79 Å². The molecule has 7 nitrogen and oxygen atoms in total. The van der Waals surface area contributed by atoms with E-state index in [-0.39, 0.29) is 11.9 Å². The van der Waals surface area contributed by atoms with E-state index in [1.807, 2.05) is 35.4 Å². The number of rotatable bonds is 4. The topological polar surface area (TPSA) is 94.0 Å². The van der Waals surface area contributed by atoms with Crippen LogP contribution in [0.15, 0.2) is 30.3 Å². The molecule has 2 fully saturated rings. The van der Waals surface area contributed by atoms with Gasteiger partial charge in [0.2, 0.25) is 0 Å². The zero-order valence-corrected chi connectivity index (χ0v) is 13.2. The summed E-state index contributed by atoms with van der Waals surface area (Å²) in [5.41, 5.74) is 2.09. The van der Waals surface area contributed by atoms with Crippen molar-refractivity contribution < 1.29 is 9.53 Å². The average Bonchev–Trinajstić information content (AvgIpc) is 3.05. The summed E-state index contributed by atoms with van der Waals surface area (Å²) in [4.78, 5) is 14.4. The first-order valence-electron chi connectivity index (χ1n) is 7.85. The fourth-order valence-electron chi connectivity index (χ4n) is 3.51. The van der Waals surface area contributed by atoms with Gasteiger partial charge in [-0.15, -0.1) is 0 Å². The Morgan fingerprint density at radius 1 is 1.42 bits per heavy atom. The molecule has 3 atom stereocenters. The molecule has 0 spiro atoms. The molecule has 0 bridgehead atoms. The molecule has 0 radical (unpaired) electrons. The second-order valence-electron chi connectivity index (χ2n) is 6.22. The number of nitriles is 1. The van der Waals surface area contributed by atoms with Gasteiger partial charge >= 0.3 is 0 Å². The number of carbonyl (C=O) groups excluding carboxylic acids is 1. The van der Waals surface area contributed by atoms with Crippen LogP contribution >= 0.6 is 0 Å². The van der Waals surface area contributed by atoms with Gasteiger partial charge in [-0.2, -0.15) is 10.4 Å². The number of hydrogen-bond acceptors (Lipinski definition) is 5. The lowest BCUT2D eigenvalue weighted by Gasteiger charge is -2.18. The van der Waals surface area contributed by atoms with Gasteiger partial charge in [0.05, 0.1) is 12.8 Å². The molecular formula is C17H17N5O2. The molecule has 2 heterocycles. The van der Waals surface area contributed by atoms with Crippen molar-refractivity contribution in [3.05, 3.63) is 36.0 Å². The molecule has 1 aromatic heterocycles. The molecule has 2 N–H and O–H groups in total. The Morgan fingerprint density at radius 2 is 2.21 bits per heavy atom. The van der Waals surface area contributed by atoms with Gasteiger partial charge < -0.3 is 15.0 Å². The molecule has 1 unspecified atom stereocenters. The summed E-state index contributed by atoms with van der Waals surface area (Å²) in [6.07, 6.45) is 1.98. The van der Waals surface area contributed by atoms with Crippen molar-refractivity contribution in [1.29, 1.82) is 5.26 Å². The second kappa shape index (κ2) is 5.57. The van der Waals surface area contributed by atoms with Crippen LogP contribution in [-0.4, -0.2) is 47.2 Å². The van der Waals surface area contributed by atoms with Gasteiger partial charge in [0.25, 0.3) is 5.91 Å². The van der Waals surface area contributed by atoms with Crippen molar-refractivity contribution in [1.82, 2.24) is 20.4 Å². The molecule has 1 amide bonds. The van der Waals surface area contributed by atoms with Gasteiger partial charge in [-0.1, -0.05) is 12.1 Å². The fraction of sp³-hybridized carbons (Fsp3) is 0.353. The van der Waals surface area contributed by atoms with E-state index >= 15 is 0 Å². The van der Waals surface area contributed by atoms with Crippen LogP contribution in [-0.2, 0) is 0 Å². The van der Waals surface area contributed by atoms with Gasteiger partial charge in [0.1, 0.15) is 11.4 Å². The van der Waals surface area contributed by atoms with E-state index in [1.165, 1.54) is 0 Å². The third kappa shape index (κ3) is 2.36. The van der Waals surface area contributed by atoms with Gasteiger partial charge in [0.15, 0.2) is 6.19 Å². The van der Waals surface area contributed by atoms with Crippen LogP contribution in [0.4, 0.5) is 0 Å². The Kier molecular flexibility index (Phi) is 3.38. The van der Waals surface area contributed by atoms with Crippen molar-refractivity contribution in [2.45, 2.75) is 6.04 Å². The van der Waals surface area contributed by atoms with E-state index in [1.54, 1.807) is 13.2 Å². The molecule has 1 aliphatic carbocycles. The molecule has 4 rings (SSSR count). The Labute approximate surface area is 139 Å². The summed E-state index contributed by atoms with van der Waals surface area (Å²) in [7, 11) is 1.62. The first-order valence-corrected chi connectivity index (χ1v) is 7.85. The molecule has 1 aliphatic heterocycles. The molecule has 24 heavy (non-hydrogen) atoms. The predicted molar refractivity (Wildman–Crippen MR) is 86.0 cm³/mol. The monoisotopic (exact) mass is 323 g/mol. The van der Waals surface area contributed by atoms with E-state index < -0.39 is 0 Å². The van der Waals surface area contributed by atoms with E-state index in [2.05, 4.69) is 15.5 Å². The number of aromatic nitrogens is 2. The number of nitrogens with one attached hydrogen (secondary N) is 2. The number of ether oxygens (including phenoxy) is 1. The number of methoxy groups -OCH3 is 1. The second-order valence-corrected chi connectivity index (χ2v) is 6.22. The van der Waals surface area contributed by atoms with Crippen LogP contribution < -0.4 is 10.1 Å². The lowest BCUT2D eigenvalue weighted by molar-refractivity contribution is 0.0766. The SMILES string of the molecule is COc1cccc(-c2cc(C(=O)N3C[C@@H]4C(NC#N)[C@@H]4C3)[nH]n2)c1. The Morgan fingerprint density at radius 3 is 2.92 bits per heavy atom. The fourth-order valence-corrected chi connectivity index (χ4v) is 3.51. The number of piperidine rings is 1. The molecule has 1 saturated heterocycles. The van der Waals surface area contributed by atoms with E-state index in [0.29, 0.717) is 36.3 Å². The summed E-state index contributed by atoms with van der Waals surface area (Å²) in [6, 6.07) is 9.58. The predicted octanol–water partition coefficient (Wildman–Crippen LogP) is 1.23. The van der Waals surface area contributed by atoms with E-state index in [4.69, 9.17) is 10.00 Å². The van der Waals surface area contributed by atoms with Crippen LogP contribution in [0.25, 0.3) is 11.3 Å². The van der Waals surface area contributed by atoms with Crippen LogP contribution in [0, 0.1) is 23.3 Å². The standard InChI is InChI=1S/C17H17N5O2/c1-24-11-4-2-3-10(5-11)14-6-15(21-20-14)17(23)22-7-12-13(8-22)16(12)19-9-18/h2-6,12-13,16,19H,7-8H2,1H3,(H,20,21)/t12-,13+,16?. The van der Waals surface area contributed by atoms with Crippen molar-refractivity contribution in [2.75, 3.05) is 20.2 Å². The number of carbonyl (C=O) groups is 1. The number of H-pyrrole nitrogens is 1. The highest BCUT2D eigenvalue weighted by molar-refractivity contribution is 5.93. The summed E-state index contributed by atoms with van der Waals surface area (Å²) in [6.45, 7) is 1.38. The Bertz CT molecular complexity index is 812. The minimum atomic E-state index is -0.0421. The average molecular weight is 323 g/mol. The highest BCUT2D eigenvalue weighted by Gasteiger charge is 2.57. The minimum absolute atomic E-state index is 0.0421. The zero-order valence-electron chi connectivity index (χ0n) is 13.2. The summed E-state index contributed by atoms with van der Waals surface area (Å²) < 4.78 is 5.22.